The van der Waals surface area contributed by atoms with Gasteiger partial charge in [0.05, 0.1) is 0 Å². The summed E-state index contributed by atoms with van der Waals surface area (Å²) in [5, 5.41) is 0. The molecular formula is C63H87N. The summed E-state index contributed by atoms with van der Waals surface area (Å²) in [7, 11) is 0. The average molecular weight is 858 g/mol. The van der Waals surface area contributed by atoms with Crippen LogP contribution in [-0.2, 0) is 22.7 Å². The van der Waals surface area contributed by atoms with Gasteiger partial charge in [-0.15, -0.1) is 0 Å². The highest BCUT2D eigenvalue weighted by atomic mass is 15.1. The van der Waals surface area contributed by atoms with E-state index in [0.29, 0.717) is 0 Å². The molecule has 0 spiro atoms. The Morgan fingerprint density at radius 3 is 1.31 bits per heavy atom. The summed E-state index contributed by atoms with van der Waals surface area (Å²) in [4.78, 5) is 2.45. The van der Waals surface area contributed by atoms with E-state index >= 15 is 0 Å². The zero-order valence-corrected chi connectivity index (χ0v) is 42.2. The predicted octanol–water partition coefficient (Wildman–Crippen LogP) is 20.1. The SMILES string of the molecule is CCCCCCCCC1(CCCCCCCC)c2cc(-c3ccc(N(c4ccc(CCCC)cc4)c4ccc(C(C)(CC)CC)cc4)cc3)ccc2-c2ccc(C(C)(CC)CC)cc21. The van der Waals surface area contributed by atoms with E-state index < -0.39 is 0 Å². The zero-order chi connectivity index (χ0) is 45.6. The smallest absolute Gasteiger partial charge is 0.0462 e. The Balaban J connectivity index is 1.40. The highest BCUT2D eigenvalue weighted by Crippen LogP contribution is 2.56. The maximum Gasteiger partial charge on any atom is 0.0462 e. The summed E-state index contributed by atoms with van der Waals surface area (Å²) >= 11 is 0. The number of hydrogen-bond donors (Lipinski definition) is 0. The lowest BCUT2D eigenvalue weighted by molar-refractivity contribution is 0.395. The van der Waals surface area contributed by atoms with Gasteiger partial charge in [0.1, 0.15) is 0 Å². The van der Waals surface area contributed by atoms with Crippen molar-refractivity contribution in [1.29, 1.82) is 0 Å². The molecule has 0 unspecified atom stereocenters. The largest absolute Gasteiger partial charge is 0.311 e. The summed E-state index contributed by atoms with van der Waals surface area (Å²) in [5.74, 6) is 0. The Hall–Kier alpha value is -4.10. The van der Waals surface area contributed by atoms with E-state index in [2.05, 4.69) is 176 Å². The van der Waals surface area contributed by atoms with Gasteiger partial charge >= 0.3 is 0 Å². The molecule has 0 bridgehead atoms. The van der Waals surface area contributed by atoms with Crippen molar-refractivity contribution >= 4 is 17.1 Å². The van der Waals surface area contributed by atoms with Crippen LogP contribution in [0, 0.1) is 0 Å². The summed E-state index contributed by atoms with van der Waals surface area (Å²) in [5.41, 5.74) is 17.3. The van der Waals surface area contributed by atoms with Crippen LogP contribution in [0.2, 0.25) is 0 Å². The molecule has 0 atom stereocenters. The number of fused-ring (bicyclic) bond motifs is 3. The third-order valence-electron chi connectivity index (χ3n) is 16.4. The van der Waals surface area contributed by atoms with Gasteiger partial charge in [-0.25, -0.2) is 0 Å². The van der Waals surface area contributed by atoms with Crippen molar-refractivity contribution in [3.63, 3.8) is 0 Å². The van der Waals surface area contributed by atoms with Crippen LogP contribution < -0.4 is 4.90 Å². The first-order valence-electron chi connectivity index (χ1n) is 26.5. The first-order valence-corrected chi connectivity index (χ1v) is 26.5. The van der Waals surface area contributed by atoms with Gasteiger partial charge in [0.2, 0.25) is 0 Å². The van der Waals surface area contributed by atoms with E-state index in [1.807, 2.05) is 0 Å². The van der Waals surface area contributed by atoms with E-state index in [1.54, 1.807) is 11.1 Å². The van der Waals surface area contributed by atoms with Crippen LogP contribution in [0.3, 0.4) is 0 Å². The van der Waals surface area contributed by atoms with E-state index in [0.717, 1.165) is 19.3 Å². The van der Waals surface area contributed by atoms with Crippen LogP contribution in [0.25, 0.3) is 22.3 Å². The van der Waals surface area contributed by atoms with Gasteiger partial charge in [0, 0.05) is 22.5 Å². The maximum absolute atomic E-state index is 2.70. The molecule has 0 aliphatic heterocycles. The molecule has 0 saturated heterocycles. The number of rotatable bonds is 27. The molecular weight excluding hydrogens is 771 g/mol. The third-order valence-corrected chi connectivity index (χ3v) is 16.4. The fraction of sp³-hybridized carbons (Fsp3) is 0.524. The van der Waals surface area contributed by atoms with Crippen LogP contribution in [0.1, 0.15) is 219 Å². The lowest BCUT2D eigenvalue weighted by atomic mass is 9.68. The topological polar surface area (TPSA) is 3.24 Å². The highest BCUT2D eigenvalue weighted by molar-refractivity contribution is 5.85. The average Bonchev–Trinajstić information content (AvgIpc) is 3.61. The Morgan fingerprint density at radius 1 is 0.391 bits per heavy atom. The number of hydrogen-bond acceptors (Lipinski definition) is 1. The molecule has 0 saturated carbocycles. The molecule has 0 aromatic heterocycles. The molecule has 0 heterocycles. The maximum atomic E-state index is 2.70. The fourth-order valence-corrected chi connectivity index (χ4v) is 10.9. The molecule has 1 aliphatic carbocycles. The van der Waals surface area contributed by atoms with Gasteiger partial charge in [-0.1, -0.05) is 213 Å². The Kier molecular flexibility index (Phi) is 18.0. The second-order valence-corrected chi connectivity index (χ2v) is 20.4. The Morgan fingerprint density at radius 2 is 0.797 bits per heavy atom. The van der Waals surface area contributed by atoms with E-state index in [1.165, 1.54) is 172 Å². The summed E-state index contributed by atoms with van der Waals surface area (Å²) in [6.07, 6.45) is 26.7. The van der Waals surface area contributed by atoms with Crippen LogP contribution in [0.4, 0.5) is 17.1 Å². The van der Waals surface area contributed by atoms with Crippen LogP contribution in [0.5, 0.6) is 0 Å². The molecule has 5 aromatic carbocycles. The normalized spacial score (nSPS) is 13.3. The van der Waals surface area contributed by atoms with Crippen molar-refractivity contribution in [3.8, 4) is 22.3 Å². The molecule has 6 rings (SSSR count). The van der Waals surface area contributed by atoms with E-state index in [9.17, 15) is 0 Å². The standard InChI is InChI=1S/C63H87N/c1-10-17-20-22-24-26-45-63(46-27-25-23-21-18-11-2)59-47-51(33-43-57(59)58-44-36-53(48-60(58)63)62(9,15-6)16-7)50-31-39-55(40-32-50)64(54-37-29-49(30-38-54)28-19-12-3)56-41-34-52(35-42-56)61(8,13-4)14-5/h29-44,47-48H,10-28,45-46H2,1-9H3. The summed E-state index contributed by atoms with van der Waals surface area (Å²) in [6.45, 7) is 21.3. The fourth-order valence-electron chi connectivity index (χ4n) is 10.9. The quantitative estimate of drug-likeness (QED) is 0.0476. The van der Waals surface area contributed by atoms with Crippen molar-refractivity contribution in [2.24, 2.45) is 0 Å². The monoisotopic (exact) mass is 858 g/mol. The van der Waals surface area contributed by atoms with Gasteiger partial charge < -0.3 is 4.90 Å². The molecule has 0 N–H and O–H groups in total. The van der Waals surface area contributed by atoms with E-state index in [-0.39, 0.29) is 16.2 Å². The van der Waals surface area contributed by atoms with E-state index in [4.69, 9.17) is 0 Å². The molecule has 0 radical (unpaired) electrons. The molecule has 5 aromatic rings. The van der Waals surface area contributed by atoms with Crippen LogP contribution >= 0.6 is 0 Å². The van der Waals surface area contributed by atoms with Gasteiger partial charge in [-0.3, -0.25) is 0 Å². The molecule has 1 aliphatic rings. The molecule has 344 valence electrons. The Labute approximate surface area is 392 Å². The van der Waals surface area contributed by atoms with Crippen molar-refractivity contribution in [3.05, 3.63) is 137 Å². The number of nitrogens with zero attached hydrogens (tertiary/aromatic N) is 1. The number of anilines is 3. The Bertz CT molecular complexity index is 2130. The first kappa shape index (κ1) is 49.3. The van der Waals surface area contributed by atoms with Crippen molar-refractivity contribution < 1.29 is 0 Å². The zero-order valence-electron chi connectivity index (χ0n) is 42.2. The molecule has 1 nitrogen and oxygen atoms in total. The van der Waals surface area contributed by atoms with Crippen LogP contribution in [0.15, 0.2) is 109 Å². The number of unbranched alkanes of at least 4 members (excludes halogenated alkanes) is 11. The number of benzene rings is 5. The lowest BCUT2D eigenvalue weighted by Crippen LogP contribution is -2.27. The minimum atomic E-state index is 0.0480. The van der Waals surface area contributed by atoms with Crippen molar-refractivity contribution in [1.82, 2.24) is 0 Å². The second kappa shape index (κ2) is 23.4. The highest BCUT2D eigenvalue weighted by Gasteiger charge is 2.43. The lowest BCUT2D eigenvalue weighted by Gasteiger charge is -2.35. The van der Waals surface area contributed by atoms with Crippen LogP contribution in [-0.4, -0.2) is 0 Å². The molecule has 64 heavy (non-hydrogen) atoms. The van der Waals surface area contributed by atoms with Gasteiger partial charge in [-0.05, 0) is 155 Å². The molecule has 0 amide bonds. The predicted molar refractivity (Wildman–Crippen MR) is 283 cm³/mol. The second-order valence-electron chi connectivity index (χ2n) is 20.4. The molecule has 0 fully saturated rings. The minimum Gasteiger partial charge on any atom is -0.311 e. The minimum absolute atomic E-state index is 0.0480. The van der Waals surface area contributed by atoms with Gasteiger partial charge in [0.25, 0.3) is 0 Å². The number of aryl methyl sites for hydroxylation is 1. The van der Waals surface area contributed by atoms with Gasteiger partial charge in [0.15, 0.2) is 0 Å². The van der Waals surface area contributed by atoms with Gasteiger partial charge in [-0.2, -0.15) is 0 Å². The molecule has 1 heteroatoms. The first-order chi connectivity index (χ1) is 31.1. The summed E-state index contributed by atoms with van der Waals surface area (Å²) < 4.78 is 0. The van der Waals surface area contributed by atoms with Crippen molar-refractivity contribution in [2.45, 2.75) is 213 Å². The van der Waals surface area contributed by atoms with Crippen molar-refractivity contribution in [2.75, 3.05) is 4.90 Å². The third kappa shape index (κ3) is 11.1. The summed E-state index contributed by atoms with van der Waals surface area (Å²) in [6, 6.07) is 43.5.